The zero-order valence-corrected chi connectivity index (χ0v) is 14.3. The van der Waals surface area contributed by atoms with Crippen LogP contribution in [0.2, 0.25) is 0 Å². The molecule has 0 amide bonds. The second-order valence-electron chi connectivity index (χ2n) is 5.43. The molecule has 122 valence electrons. The first kappa shape index (κ1) is 18.1. The summed E-state index contributed by atoms with van der Waals surface area (Å²) in [4.78, 5) is 0. The van der Waals surface area contributed by atoms with Crippen molar-refractivity contribution in [2.45, 2.75) is 71.0 Å². The van der Waals surface area contributed by atoms with Gasteiger partial charge in [0.2, 0.25) is 0 Å². The third kappa shape index (κ3) is 5.41. The molecule has 0 radical (unpaired) electrons. The maximum atomic E-state index is 12.5. The van der Waals surface area contributed by atoms with Gasteiger partial charge in [-0.15, -0.1) is 0 Å². The van der Waals surface area contributed by atoms with Crippen molar-refractivity contribution in [1.29, 1.82) is 0 Å². The first-order chi connectivity index (χ1) is 9.92. The Morgan fingerprint density at radius 2 is 2.00 bits per heavy atom. The summed E-state index contributed by atoms with van der Waals surface area (Å²) in [5.74, 6) is 0. The molecule has 1 aromatic rings. The van der Waals surface area contributed by atoms with Crippen molar-refractivity contribution in [1.82, 2.24) is 20.2 Å². The molecule has 0 aliphatic rings. The van der Waals surface area contributed by atoms with Crippen LogP contribution in [0, 0.1) is 6.92 Å². The number of aryl methyl sites for hydroxylation is 1. The molecular formula is C14H28N4O2S. The molecule has 0 fully saturated rings. The monoisotopic (exact) mass is 316 g/mol. The molecule has 0 spiro atoms. The van der Waals surface area contributed by atoms with Crippen molar-refractivity contribution >= 4 is 10.0 Å². The van der Waals surface area contributed by atoms with Gasteiger partial charge in [-0.25, -0.2) is 13.1 Å². The van der Waals surface area contributed by atoms with Gasteiger partial charge in [0.05, 0.1) is 0 Å². The maximum Gasteiger partial charge on any atom is 0.260 e. The van der Waals surface area contributed by atoms with Gasteiger partial charge in [-0.2, -0.15) is 5.10 Å². The van der Waals surface area contributed by atoms with Gasteiger partial charge in [0.25, 0.3) is 10.0 Å². The van der Waals surface area contributed by atoms with Crippen LogP contribution in [0.3, 0.4) is 0 Å². The molecule has 0 bridgehead atoms. The van der Waals surface area contributed by atoms with Crippen molar-refractivity contribution in [2.75, 3.05) is 6.54 Å². The highest BCUT2D eigenvalue weighted by Gasteiger charge is 2.25. The van der Waals surface area contributed by atoms with Gasteiger partial charge in [0.15, 0.2) is 5.03 Å². The Labute approximate surface area is 128 Å². The highest BCUT2D eigenvalue weighted by molar-refractivity contribution is 7.89. The van der Waals surface area contributed by atoms with Gasteiger partial charge >= 0.3 is 0 Å². The molecule has 0 saturated carbocycles. The van der Waals surface area contributed by atoms with Crippen LogP contribution < -0.4 is 10.0 Å². The third-order valence-electron chi connectivity index (χ3n) is 3.44. The Kier molecular flexibility index (Phi) is 7.34. The minimum atomic E-state index is -3.57. The first-order valence-corrected chi connectivity index (χ1v) is 9.17. The van der Waals surface area contributed by atoms with Crippen LogP contribution in [0.4, 0.5) is 0 Å². The van der Waals surface area contributed by atoms with E-state index in [2.05, 4.69) is 27.2 Å². The quantitative estimate of drug-likeness (QED) is 0.577. The van der Waals surface area contributed by atoms with Crippen molar-refractivity contribution in [3.05, 3.63) is 11.3 Å². The largest absolute Gasteiger partial charge is 0.313 e. The predicted molar refractivity (Wildman–Crippen MR) is 84.6 cm³/mol. The number of hydrogen-bond acceptors (Lipinski definition) is 4. The highest BCUT2D eigenvalue weighted by atomic mass is 32.2. The molecule has 1 aromatic heterocycles. The first-order valence-electron chi connectivity index (χ1n) is 7.69. The second-order valence-corrected chi connectivity index (χ2v) is 7.06. The zero-order chi connectivity index (χ0) is 15.9. The lowest BCUT2D eigenvalue weighted by Crippen LogP contribution is -2.33. The molecule has 7 heteroatoms. The number of nitrogens with one attached hydrogen (secondary N) is 3. The summed E-state index contributed by atoms with van der Waals surface area (Å²) in [5.41, 5.74) is 1.50. The summed E-state index contributed by atoms with van der Waals surface area (Å²) in [5, 5.41) is 10.0. The molecule has 0 saturated heterocycles. The molecule has 1 rings (SSSR count). The van der Waals surface area contributed by atoms with Gasteiger partial charge in [-0.05, 0) is 26.8 Å². The van der Waals surface area contributed by atoms with E-state index in [0.717, 1.165) is 37.9 Å². The van der Waals surface area contributed by atoms with E-state index in [1.54, 1.807) is 0 Å². The van der Waals surface area contributed by atoms with Gasteiger partial charge in [0.1, 0.15) is 0 Å². The maximum absolute atomic E-state index is 12.5. The number of sulfonamides is 1. The summed E-state index contributed by atoms with van der Waals surface area (Å²) in [6.07, 6.45) is 4.13. The van der Waals surface area contributed by atoms with E-state index >= 15 is 0 Å². The lowest BCUT2D eigenvalue weighted by Gasteiger charge is -2.14. The molecule has 1 atom stereocenters. The Bertz CT molecular complexity index is 525. The zero-order valence-electron chi connectivity index (χ0n) is 13.5. The number of hydrogen-bond donors (Lipinski definition) is 3. The molecule has 3 N–H and O–H groups in total. The molecule has 1 heterocycles. The van der Waals surface area contributed by atoms with E-state index in [1.807, 2.05) is 20.8 Å². The van der Waals surface area contributed by atoms with Crippen molar-refractivity contribution in [3.8, 4) is 0 Å². The van der Waals surface area contributed by atoms with Crippen molar-refractivity contribution in [2.24, 2.45) is 0 Å². The fourth-order valence-electron chi connectivity index (χ4n) is 2.19. The molecular weight excluding hydrogens is 288 g/mol. The van der Waals surface area contributed by atoms with Gasteiger partial charge in [-0.1, -0.05) is 33.1 Å². The standard InChI is InChI=1S/C14H28N4O2S/c1-5-7-8-9-11(3)18-21(19,20)14-13(10-15-6-2)12(4)16-17-14/h11,15,18H,5-10H2,1-4H3,(H,16,17). The van der Waals surface area contributed by atoms with E-state index in [-0.39, 0.29) is 11.1 Å². The summed E-state index contributed by atoms with van der Waals surface area (Å²) >= 11 is 0. The van der Waals surface area contributed by atoms with Crippen LogP contribution in [0.25, 0.3) is 0 Å². The Morgan fingerprint density at radius 1 is 1.29 bits per heavy atom. The molecule has 21 heavy (non-hydrogen) atoms. The molecule has 1 unspecified atom stereocenters. The Hall–Kier alpha value is -0.920. The van der Waals surface area contributed by atoms with E-state index < -0.39 is 10.0 Å². The minimum Gasteiger partial charge on any atom is -0.313 e. The van der Waals surface area contributed by atoms with Crippen LogP contribution in [-0.4, -0.2) is 31.2 Å². The number of aromatic nitrogens is 2. The van der Waals surface area contributed by atoms with Crippen LogP contribution in [-0.2, 0) is 16.6 Å². The average molecular weight is 316 g/mol. The van der Waals surface area contributed by atoms with E-state index in [0.29, 0.717) is 12.1 Å². The fourth-order valence-corrected chi connectivity index (χ4v) is 3.67. The van der Waals surface area contributed by atoms with Gasteiger partial charge in [-0.3, -0.25) is 5.10 Å². The van der Waals surface area contributed by atoms with E-state index in [9.17, 15) is 8.42 Å². The summed E-state index contributed by atoms with van der Waals surface area (Å²) in [6.45, 7) is 9.14. The summed E-state index contributed by atoms with van der Waals surface area (Å²) < 4.78 is 27.6. The Morgan fingerprint density at radius 3 is 2.62 bits per heavy atom. The Balaban J connectivity index is 2.78. The van der Waals surface area contributed by atoms with Crippen molar-refractivity contribution < 1.29 is 8.42 Å². The summed E-state index contributed by atoms with van der Waals surface area (Å²) in [6, 6.07) is -0.0782. The SMILES string of the molecule is CCCCCC(C)NS(=O)(=O)c1n[nH]c(C)c1CNCC. The number of H-pyrrole nitrogens is 1. The molecule has 0 aliphatic carbocycles. The van der Waals surface area contributed by atoms with Gasteiger partial charge < -0.3 is 5.32 Å². The number of aromatic amines is 1. The van der Waals surface area contributed by atoms with Crippen molar-refractivity contribution in [3.63, 3.8) is 0 Å². The predicted octanol–water partition coefficient (Wildman–Crippen LogP) is 2.07. The second kappa shape index (κ2) is 8.51. The normalized spacial score (nSPS) is 13.5. The van der Waals surface area contributed by atoms with Crippen LogP contribution in [0.15, 0.2) is 5.03 Å². The minimum absolute atomic E-state index is 0.0782. The van der Waals surface area contributed by atoms with Gasteiger partial charge in [0, 0.05) is 23.8 Å². The van der Waals surface area contributed by atoms with E-state index in [1.165, 1.54) is 0 Å². The third-order valence-corrected chi connectivity index (χ3v) is 5.00. The lowest BCUT2D eigenvalue weighted by atomic mass is 10.1. The lowest BCUT2D eigenvalue weighted by molar-refractivity contribution is 0.523. The summed E-state index contributed by atoms with van der Waals surface area (Å²) in [7, 11) is -3.57. The fraction of sp³-hybridized carbons (Fsp3) is 0.786. The highest BCUT2D eigenvalue weighted by Crippen LogP contribution is 2.17. The molecule has 0 aromatic carbocycles. The number of nitrogens with zero attached hydrogens (tertiary/aromatic N) is 1. The van der Waals surface area contributed by atoms with Crippen LogP contribution in [0.1, 0.15) is 57.7 Å². The molecule has 6 nitrogen and oxygen atoms in total. The molecule has 0 aliphatic heterocycles. The number of unbranched alkanes of at least 4 members (excludes halogenated alkanes) is 2. The number of rotatable bonds is 10. The van der Waals surface area contributed by atoms with E-state index in [4.69, 9.17) is 0 Å². The smallest absolute Gasteiger partial charge is 0.260 e. The van der Waals surface area contributed by atoms with Crippen LogP contribution >= 0.6 is 0 Å². The topological polar surface area (TPSA) is 86.9 Å². The van der Waals surface area contributed by atoms with Crippen LogP contribution in [0.5, 0.6) is 0 Å². The average Bonchev–Trinajstić information content (AvgIpc) is 2.78.